The van der Waals surface area contributed by atoms with Gasteiger partial charge in [-0.2, -0.15) is 0 Å². The summed E-state index contributed by atoms with van der Waals surface area (Å²) >= 11 is 0. The Kier molecular flexibility index (Phi) is 3.97. The van der Waals surface area contributed by atoms with E-state index in [1.165, 1.54) is 6.07 Å². The number of aryl methyl sites for hydroxylation is 1. The van der Waals surface area contributed by atoms with Gasteiger partial charge in [0, 0.05) is 6.04 Å². The number of hydrogen-bond acceptors (Lipinski definition) is 2. The molecule has 4 heteroatoms. The summed E-state index contributed by atoms with van der Waals surface area (Å²) < 4.78 is 13.7. The standard InChI is InChI=1S/C14H19FN2O/c1-9-3-4-11(12(15)7-9)14(18)17-13-5-6-16-8-10(13)2/h3-4,7,10,13,16H,5-6,8H2,1-2H3,(H,17,18). The average molecular weight is 250 g/mol. The molecular formula is C14H19FN2O. The molecule has 98 valence electrons. The van der Waals surface area contributed by atoms with E-state index in [0.717, 1.165) is 25.1 Å². The molecule has 0 aromatic heterocycles. The van der Waals surface area contributed by atoms with Gasteiger partial charge in [0.05, 0.1) is 5.56 Å². The van der Waals surface area contributed by atoms with Crippen LogP contribution >= 0.6 is 0 Å². The van der Waals surface area contributed by atoms with Crippen LogP contribution in [0.2, 0.25) is 0 Å². The number of piperidine rings is 1. The second-order valence-corrected chi connectivity index (χ2v) is 5.03. The highest BCUT2D eigenvalue weighted by atomic mass is 19.1. The Morgan fingerprint density at radius 1 is 1.50 bits per heavy atom. The van der Waals surface area contributed by atoms with Crippen LogP contribution < -0.4 is 10.6 Å². The summed E-state index contributed by atoms with van der Waals surface area (Å²) in [5, 5.41) is 6.20. The van der Waals surface area contributed by atoms with Crippen LogP contribution in [0, 0.1) is 18.7 Å². The zero-order valence-corrected chi connectivity index (χ0v) is 10.8. The van der Waals surface area contributed by atoms with Crippen molar-refractivity contribution in [2.75, 3.05) is 13.1 Å². The summed E-state index contributed by atoms with van der Waals surface area (Å²) in [6.45, 7) is 5.68. The first-order chi connectivity index (χ1) is 8.58. The van der Waals surface area contributed by atoms with Gasteiger partial charge in [0.2, 0.25) is 0 Å². The third-order valence-electron chi connectivity index (χ3n) is 3.47. The van der Waals surface area contributed by atoms with E-state index < -0.39 is 5.82 Å². The minimum Gasteiger partial charge on any atom is -0.349 e. The van der Waals surface area contributed by atoms with Crippen molar-refractivity contribution >= 4 is 5.91 Å². The van der Waals surface area contributed by atoms with Gasteiger partial charge in [0.1, 0.15) is 5.82 Å². The number of halogens is 1. The molecule has 18 heavy (non-hydrogen) atoms. The van der Waals surface area contributed by atoms with Crippen molar-refractivity contribution in [2.24, 2.45) is 5.92 Å². The molecule has 0 spiro atoms. The SMILES string of the molecule is Cc1ccc(C(=O)NC2CCNCC2C)c(F)c1. The van der Waals surface area contributed by atoms with Crippen molar-refractivity contribution < 1.29 is 9.18 Å². The Labute approximate surface area is 107 Å². The second kappa shape index (κ2) is 5.48. The van der Waals surface area contributed by atoms with E-state index in [9.17, 15) is 9.18 Å². The van der Waals surface area contributed by atoms with Gasteiger partial charge in [0.25, 0.3) is 5.91 Å². The topological polar surface area (TPSA) is 41.1 Å². The Morgan fingerprint density at radius 3 is 2.94 bits per heavy atom. The predicted octanol–water partition coefficient (Wildman–Crippen LogP) is 1.86. The Morgan fingerprint density at radius 2 is 2.28 bits per heavy atom. The number of hydrogen-bond donors (Lipinski definition) is 2. The van der Waals surface area contributed by atoms with Crippen molar-refractivity contribution in [3.8, 4) is 0 Å². The summed E-state index contributed by atoms with van der Waals surface area (Å²) in [6, 6.07) is 4.82. The number of carbonyl (C=O) groups is 1. The Bertz CT molecular complexity index is 447. The normalized spacial score (nSPS) is 23.7. The maximum Gasteiger partial charge on any atom is 0.254 e. The van der Waals surface area contributed by atoms with Gasteiger partial charge in [-0.25, -0.2) is 4.39 Å². The van der Waals surface area contributed by atoms with Gasteiger partial charge in [0.15, 0.2) is 0 Å². The molecule has 0 radical (unpaired) electrons. The van der Waals surface area contributed by atoms with Gasteiger partial charge in [-0.15, -0.1) is 0 Å². The smallest absolute Gasteiger partial charge is 0.254 e. The summed E-state index contributed by atoms with van der Waals surface area (Å²) in [7, 11) is 0. The van der Waals surface area contributed by atoms with Crippen molar-refractivity contribution in [1.82, 2.24) is 10.6 Å². The first kappa shape index (κ1) is 13.0. The molecule has 1 saturated heterocycles. The van der Waals surface area contributed by atoms with Crippen LogP contribution in [0.1, 0.15) is 29.3 Å². The van der Waals surface area contributed by atoms with Crippen LogP contribution in [0.3, 0.4) is 0 Å². The maximum absolute atomic E-state index is 13.7. The molecule has 0 saturated carbocycles. The molecule has 2 rings (SSSR count). The molecule has 3 nitrogen and oxygen atoms in total. The average Bonchev–Trinajstić information content (AvgIpc) is 2.32. The van der Waals surface area contributed by atoms with Gasteiger partial charge in [-0.05, 0) is 50.0 Å². The lowest BCUT2D eigenvalue weighted by Gasteiger charge is -2.30. The predicted molar refractivity (Wildman–Crippen MR) is 69.0 cm³/mol. The molecule has 1 fully saturated rings. The number of nitrogens with one attached hydrogen (secondary N) is 2. The molecule has 2 unspecified atom stereocenters. The fourth-order valence-electron chi connectivity index (χ4n) is 2.28. The van der Waals surface area contributed by atoms with Crippen molar-refractivity contribution in [3.63, 3.8) is 0 Å². The molecular weight excluding hydrogens is 231 g/mol. The van der Waals surface area contributed by atoms with Crippen LogP contribution in [0.15, 0.2) is 18.2 Å². The van der Waals surface area contributed by atoms with Crippen LogP contribution in [0.4, 0.5) is 4.39 Å². The minimum atomic E-state index is -0.450. The van der Waals surface area contributed by atoms with E-state index in [0.29, 0.717) is 5.92 Å². The summed E-state index contributed by atoms with van der Waals surface area (Å²) in [5.74, 6) is -0.392. The quantitative estimate of drug-likeness (QED) is 0.841. The van der Waals surface area contributed by atoms with Crippen LogP contribution in [-0.4, -0.2) is 25.0 Å². The molecule has 2 N–H and O–H groups in total. The van der Waals surface area contributed by atoms with E-state index in [2.05, 4.69) is 17.6 Å². The minimum absolute atomic E-state index is 0.124. The van der Waals surface area contributed by atoms with E-state index in [1.54, 1.807) is 19.1 Å². The Balaban J connectivity index is 2.07. The lowest BCUT2D eigenvalue weighted by molar-refractivity contribution is 0.0910. The molecule has 0 bridgehead atoms. The zero-order chi connectivity index (χ0) is 13.1. The van der Waals surface area contributed by atoms with E-state index in [-0.39, 0.29) is 17.5 Å². The van der Waals surface area contributed by atoms with Crippen LogP contribution in [0.25, 0.3) is 0 Å². The van der Waals surface area contributed by atoms with Crippen molar-refractivity contribution in [3.05, 3.63) is 35.1 Å². The molecule has 1 aromatic carbocycles. The highest BCUT2D eigenvalue weighted by Gasteiger charge is 2.23. The van der Waals surface area contributed by atoms with Crippen LogP contribution in [-0.2, 0) is 0 Å². The highest BCUT2D eigenvalue weighted by Crippen LogP contribution is 2.14. The van der Waals surface area contributed by atoms with Gasteiger partial charge in [-0.1, -0.05) is 13.0 Å². The fraction of sp³-hybridized carbons (Fsp3) is 0.500. The summed E-state index contributed by atoms with van der Waals surface area (Å²) in [6.07, 6.45) is 0.889. The van der Waals surface area contributed by atoms with Crippen molar-refractivity contribution in [1.29, 1.82) is 0 Å². The fourth-order valence-corrected chi connectivity index (χ4v) is 2.28. The second-order valence-electron chi connectivity index (χ2n) is 5.03. The lowest BCUT2D eigenvalue weighted by atomic mass is 9.95. The third-order valence-corrected chi connectivity index (χ3v) is 3.47. The summed E-state index contributed by atoms with van der Waals surface area (Å²) in [4.78, 5) is 12.0. The largest absolute Gasteiger partial charge is 0.349 e. The van der Waals surface area contributed by atoms with Gasteiger partial charge >= 0.3 is 0 Å². The molecule has 1 aliphatic rings. The third kappa shape index (κ3) is 2.88. The monoisotopic (exact) mass is 250 g/mol. The first-order valence-electron chi connectivity index (χ1n) is 6.35. The lowest BCUT2D eigenvalue weighted by Crippen LogP contribution is -2.48. The number of rotatable bonds is 2. The zero-order valence-electron chi connectivity index (χ0n) is 10.8. The molecule has 1 aliphatic heterocycles. The molecule has 0 aliphatic carbocycles. The van der Waals surface area contributed by atoms with Gasteiger partial charge in [-0.3, -0.25) is 4.79 Å². The first-order valence-corrected chi connectivity index (χ1v) is 6.35. The number of benzene rings is 1. The van der Waals surface area contributed by atoms with E-state index >= 15 is 0 Å². The molecule has 1 aromatic rings. The van der Waals surface area contributed by atoms with Crippen molar-refractivity contribution in [2.45, 2.75) is 26.3 Å². The highest BCUT2D eigenvalue weighted by molar-refractivity contribution is 5.94. The maximum atomic E-state index is 13.7. The summed E-state index contributed by atoms with van der Waals surface area (Å²) in [5.41, 5.74) is 0.950. The molecule has 2 atom stereocenters. The number of amides is 1. The Hall–Kier alpha value is -1.42. The number of carbonyl (C=O) groups excluding carboxylic acids is 1. The molecule has 1 heterocycles. The van der Waals surface area contributed by atoms with Gasteiger partial charge < -0.3 is 10.6 Å². The van der Waals surface area contributed by atoms with E-state index in [4.69, 9.17) is 0 Å². The molecule has 1 amide bonds. The van der Waals surface area contributed by atoms with Crippen LogP contribution in [0.5, 0.6) is 0 Å². The van der Waals surface area contributed by atoms with E-state index in [1.807, 2.05) is 0 Å².